The summed E-state index contributed by atoms with van der Waals surface area (Å²) in [5.74, 6) is 0.638. The van der Waals surface area contributed by atoms with Crippen molar-refractivity contribution in [3.63, 3.8) is 0 Å². The Morgan fingerprint density at radius 2 is 2.08 bits per heavy atom. The number of carboxylic acid groups (broad SMARTS) is 1. The first-order valence-electron chi connectivity index (χ1n) is 7.81. The van der Waals surface area contributed by atoms with Crippen molar-refractivity contribution in [3.8, 4) is 11.5 Å². The summed E-state index contributed by atoms with van der Waals surface area (Å²) in [5.41, 5.74) is 2.00. The SMILES string of the molecule is CCOc1cc(/C=C/c2nc3c(C(=O)[O-])cccc3[nH]2)ccc1OC. The second-order valence-corrected chi connectivity index (χ2v) is 5.29. The molecular weight excluding hydrogens is 320 g/mol. The van der Waals surface area contributed by atoms with E-state index in [1.54, 1.807) is 25.3 Å². The minimum Gasteiger partial charge on any atom is -0.545 e. The molecule has 0 atom stereocenters. The number of carbonyl (C=O) groups excluding carboxylic acids is 1. The predicted octanol–water partition coefficient (Wildman–Crippen LogP) is 2.50. The summed E-state index contributed by atoms with van der Waals surface area (Å²) < 4.78 is 10.8. The van der Waals surface area contributed by atoms with E-state index in [0.717, 1.165) is 5.56 Å². The van der Waals surface area contributed by atoms with Gasteiger partial charge in [0.1, 0.15) is 5.82 Å². The largest absolute Gasteiger partial charge is 0.545 e. The molecule has 0 aliphatic rings. The Kier molecular flexibility index (Phi) is 4.70. The maximum atomic E-state index is 11.2. The van der Waals surface area contributed by atoms with Crippen molar-refractivity contribution in [1.29, 1.82) is 0 Å². The number of hydrogen-bond donors (Lipinski definition) is 1. The smallest absolute Gasteiger partial charge is 0.161 e. The van der Waals surface area contributed by atoms with Crippen molar-refractivity contribution >= 4 is 29.2 Å². The highest BCUT2D eigenvalue weighted by Crippen LogP contribution is 2.28. The Bertz CT molecular complexity index is 944. The van der Waals surface area contributed by atoms with E-state index in [-0.39, 0.29) is 5.56 Å². The zero-order valence-corrected chi connectivity index (χ0v) is 13.9. The molecule has 1 heterocycles. The predicted molar refractivity (Wildman–Crippen MR) is 93.5 cm³/mol. The molecule has 0 fully saturated rings. The zero-order chi connectivity index (χ0) is 17.8. The summed E-state index contributed by atoms with van der Waals surface area (Å²) in [4.78, 5) is 18.6. The summed E-state index contributed by atoms with van der Waals surface area (Å²) in [5, 5.41) is 11.2. The molecule has 3 rings (SSSR count). The van der Waals surface area contributed by atoms with Crippen LogP contribution >= 0.6 is 0 Å². The van der Waals surface area contributed by atoms with Gasteiger partial charge >= 0.3 is 0 Å². The number of aromatic amines is 1. The number of carbonyl (C=O) groups is 1. The normalized spacial score (nSPS) is 11.1. The molecule has 25 heavy (non-hydrogen) atoms. The minimum atomic E-state index is -1.25. The molecule has 6 heteroatoms. The van der Waals surface area contributed by atoms with Gasteiger partial charge in [0.2, 0.25) is 0 Å². The summed E-state index contributed by atoms with van der Waals surface area (Å²) in [6.07, 6.45) is 3.63. The van der Waals surface area contributed by atoms with Crippen molar-refractivity contribution < 1.29 is 19.4 Å². The molecule has 0 aliphatic carbocycles. The van der Waals surface area contributed by atoms with Crippen LogP contribution in [0.5, 0.6) is 11.5 Å². The quantitative estimate of drug-likeness (QED) is 0.747. The third-order valence-electron chi connectivity index (χ3n) is 3.67. The average Bonchev–Trinajstić information content (AvgIpc) is 3.03. The number of nitrogens with zero attached hydrogens (tertiary/aromatic N) is 1. The van der Waals surface area contributed by atoms with Gasteiger partial charge in [0.25, 0.3) is 0 Å². The van der Waals surface area contributed by atoms with Crippen LogP contribution in [0.25, 0.3) is 23.2 Å². The molecule has 0 amide bonds. The van der Waals surface area contributed by atoms with Gasteiger partial charge in [0.15, 0.2) is 11.5 Å². The van der Waals surface area contributed by atoms with Crippen LogP contribution in [0.3, 0.4) is 0 Å². The van der Waals surface area contributed by atoms with Crippen molar-refractivity contribution in [2.24, 2.45) is 0 Å². The Labute approximate surface area is 144 Å². The van der Waals surface area contributed by atoms with Crippen molar-refractivity contribution in [2.45, 2.75) is 6.92 Å². The van der Waals surface area contributed by atoms with Gasteiger partial charge in [-0.05, 0) is 36.8 Å². The van der Waals surface area contributed by atoms with Crippen LogP contribution in [0.2, 0.25) is 0 Å². The van der Waals surface area contributed by atoms with Gasteiger partial charge in [-0.3, -0.25) is 0 Å². The Morgan fingerprint density at radius 3 is 2.80 bits per heavy atom. The molecule has 1 aromatic heterocycles. The molecule has 0 saturated carbocycles. The number of fused-ring (bicyclic) bond motifs is 1. The maximum Gasteiger partial charge on any atom is 0.161 e. The second kappa shape index (κ2) is 7.09. The Hall–Kier alpha value is -3.28. The van der Waals surface area contributed by atoms with Crippen LogP contribution in [-0.2, 0) is 0 Å². The Morgan fingerprint density at radius 1 is 1.24 bits per heavy atom. The number of para-hydroxylation sites is 1. The Balaban J connectivity index is 1.92. The zero-order valence-electron chi connectivity index (χ0n) is 13.9. The number of aromatic nitrogens is 2. The number of aromatic carboxylic acids is 1. The molecule has 0 radical (unpaired) electrons. The van der Waals surface area contributed by atoms with Crippen LogP contribution < -0.4 is 14.6 Å². The molecule has 0 bridgehead atoms. The lowest BCUT2D eigenvalue weighted by Crippen LogP contribution is -2.22. The number of nitrogens with one attached hydrogen (secondary N) is 1. The van der Waals surface area contributed by atoms with Crippen LogP contribution in [0.15, 0.2) is 36.4 Å². The molecular formula is C19H17N2O4-. The fourth-order valence-corrected chi connectivity index (χ4v) is 2.54. The van der Waals surface area contributed by atoms with Crippen molar-refractivity contribution in [2.75, 3.05) is 13.7 Å². The number of benzene rings is 2. The van der Waals surface area contributed by atoms with Crippen LogP contribution in [-0.4, -0.2) is 29.7 Å². The van der Waals surface area contributed by atoms with E-state index in [4.69, 9.17) is 9.47 Å². The molecule has 6 nitrogen and oxygen atoms in total. The summed E-state index contributed by atoms with van der Waals surface area (Å²) in [7, 11) is 1.59. The molecule has 0 unspecified atom stereocenters. The van der Waals surface area contributed by atoms with Gasteiger partial charge in [-0.25, -0.2) is 4.98 Å². The fourth-order valence-electron chi connectivity index (χ4n) is 2.54. The van der Waals surface area contributed by atoms with E-state index in [2.05, 4.69) is 9.97 Å². The average molecular weight is 337 g/mol. The molecule has 3 aromatic rings. The number of rotatable bonds is 6. The third-order valence-corrected chi connectivity index (χ3v) is 3.67. The molecule has 0 aliphatic heterocycles. The topological polar surface area (TPSA) is 87.3 Å². The number of methoxy groups -OCH3 is 1. The molecule has 2 aromatic carbocycles. The number of hydrogen-bond acceptors (Lipinski definition) is 5. The van der Waals surface area contributed by atoms with E-state index in [0.29, 0.717) is 35.0 Å². The summed E-state index contributed by atoms with van der Waals surface area (Å²) >= 11 is 0. The minimum absolute atomic E-state index is 0.0662. The molecule has 1 N–H and O–H groups in total. The first kappa shape index (κ1) is 16.6. The molecule has 0 saturated heterocycles. The summed E-state index contributed by atoms with van der Waals surface area (Å²) in [6, 6.07) is 10.5. The number of H-pyrrole nitrogens is 1. The van der Waals surface area contributed by atoms with E-state index in [1.807, 2.05) is 31.2 Å². The maximum absolute atomic E-state index is 11.2. The number of carboxylic acids is 1. The van der Waals surface area contributed by atoms with E-state index in [1.165, 1.54) is 6.07 Å². The van der Waals surface area contributed by atoms with Gasteiger partial charge in [0, 0.05) is 5.56 Å². The lowest BCUT2D eigenvalue weighted by atomic mass is 10.2. The molecule has 128 valence electrons. The van der Waals surface area contributed by atoms with Gasteiger partial charge in [-0.15, -0.1) is 0 Å². The van der Waals surface area contributed by atoms with Gasteiger partial charge in [-0.1, -0.05) is 24.3 Å². The van der Waals surface area contributed by atoms with Crippen LogP contribution in [0, 0.1) is 0 Å². The van der Waals surface area contributed by atoms with Crippen LogP contribution in [0.1, 0.15) is 28.7 Å². The van der Waals surface area contributed by atoms with Crippen molar-refractivity contribution in [1.82, 2.24) is 9.97 Å². The first-order valence-corrected chi connectivity index (χ1v) is 7.81. The lowest BCUT2D eigenvalue weighted by Gasteiger charge is -2.09. The highest BCUT2D eigenvalue weighted by molar-refractivity contribution is 6.00. The van der Waals surface area contributed by atoms with Crippen LogP contribution in [0.4, 0.5) is 0 Å². The van der Waals surface area contributed by atoms with E-state index in [9.17, 15) is 9.90 Å². The number of imidazole rings is 1. The van der Waals surface area contributed by atoms with E-state index >= 15 is 0 Å². The van der Waals surface area contributed by atoms with Gasteiger partial charge in [-0.2, -0.15) is 0 Å². The van der Waals surface area contributed by atoms with E-state index < -0.39 is 5.97 Å². The monoisotopic (exact) mass is 337 g/mol. The summed E-state index contributed by atoms with van der Waals surface area (Å²) in [6.45, 7) is 2.45. The highest BCUT2D eigenvalue weighted by atomic mass is 16.5. The van der Waals surface area contributed by atoms with Gasteiger partial charge in [0.05, 0.1) is 30.7 Å². The fraction of sp³-hybridized carbons (Fsp3) is 0.158. The second-order valence-electron chi connectivity index (χ2n) is 5.29. The first-order chi connectivity index (χ1) is 12.1. The molecule has 0 spiro atoms. The third kappa shape index (κ3) is 3.47. The van der Waals surface area contributed by atoms with Crippen molar-refractivity contribution in [3.05, 3.63) is 53.3 Å². The number of ether oxygens (including phenoxy) is 2. The standard InChI is InChI=1S/C19H18N2O4/c1-3-25-16-11-12(7-9-15(16)24-2)8-10-17-20-14-6-4-5-13(19(22)23)18(14)21-17/h4-11H,3H2,1-2H3,(H,20,21)(H,22,23)/p-1/b10-8+. The van der Waals surface area contributed by atoms with Gasteiger partial charge < -0.3 is 24.4 Å². The highest BCUT2D eigenvalue weighted by Gasteiger charge is 2.07. The lowest BCUT2D eigenvalue weighted by molar-refractivity contribution is -0.254.